The van der Waals surface area contributed by atoms with Crippen molar-refractivity contribution < 1.29 is 9.53 Å². The van der Waals surface area contributed by atoms with Gasteiger partial charge in [-0.2, -0.15) is 5.01 Å². The number of nitrogens with zero attached hydrogens (tertiary/aromatic N) is 1. The van der Waals surface area contributed by atoms with Gasteiger partial charge in [-0.25, -0.2) is 4.79 Å². The van der Waals surface area contributed by atoms with Crippen molar-refractivity contribution in [2.45, 2.75) is 51.4 Å². The number of nitrogens with one attached hydrogen (secondary N) is 1. The van der Waals surface area contributed by atoms with E-state index in [2.05, 4.69) is 67.9 Å². The molecule has 0 aromatic heterocycles. The molecule has 136 valence electrons. The third kappa shape index (κ3) is 3.48. The van der Waals surface area contributed by atoms with Gasteiger partial charge in [-0.3, -0.25) is 5.43 Å². The number of benzene rings is 1. The van der Waals surface area contributed by atoms with Crippen molar-refractivity contribution in [2.75, 3.05) is 7.11 Å². The molecule has 0 spiro atoms. The maximum Gasteiger partial charge on any atom is 0.432 e. The lowest BCUT2D eigenvalue weighted by atomic mass is 9.63. The van der Waals surface area contributed by atoms with E-state index >= 15 is 0 Å². The molecular weight excluding hydrogens is 324 g/mol. The highest BCUT2D eigenvalue weighted by Crippen LogP contribution is 2.45. The zero-order chi connectivity index (χ0) is 18.9. The van der Waals surface area contributed by atoms with E-state index in [1.54, 1.807) is 18.5 Å². The van der Waals surface area contributed by atoms with Gasteiger partial charge in [-0.15, -0.1) is 0 Å². The molecule has 3 rings (SSSR count). The number of rotatable bonds is 0. The Morgan fingerprint density at radius 1 is 1.12 bits per heavy atom. The van der Waals surface area contributed by atoms with Crippen molar-refractivity contribution in [1.29, 1.82) is 0 Å². The lowest BCUT2D eigenvalue weighted by Crippen LogP contribution is -2.36. The Hall–Kier alpha value is -2.67. The van der Waals surface area contributed by atoms with E-state index in [1.165, 1.54) is 36.1 Å². The summed E-state index contributed by atoms with van der Waals surface area (Å²) in [4.78, 5) is 11.4. The van der Waals surface area contributed by atoms with Crippen molar-refractivity contribution in [3.8, 4) is 11.8 Å². The normalized spacial score (nSPS) is 19.4. The van der Waals surface area contributed by atoms with Crippen LogP contribution in [0, 0.1) is 11.8 Å². The Morgan fingerprint density at radius 3 is 2.42 bits per heavy atom. The fraction of sp³-hybridized carbons (Fsp3) is 0.409. The summed E-state index contributed by atoms with van der Waals surface area (Å²) in [6.07, 6.45) is 7.00. The van der Waals surface area contributed by atoms with E-state index in [-0.39, 0.29) is 10.8 Å². The standard InChI is InChI=1S/C22H26N2O2/c1-21(2)11-12-22(3,4)19-14-16(8-9-18(19)21)6-7-17-10-13-24(23-15-17)20(25)26-5/h8-10,13-15,23H,11-12H2,1-5H3. The molecule has 0 unspecified atom stereocenters. The summed E-state index contributed by atoms with van der Waals surface area (Å²) in [5, 5.41) is 1.26. The molecule has 0 atom stereocenters. The molecule has 0 bridgehead atoms. The Labute approximate surface area is 155 Å². The van der Waals surface area contributed by atoms with E-state index in [1.807, 2.05) is 0 Å². The van der Waals surface area contributed by atoms with Gasteiger partial charge in [0.25, 0.3) is 0 Å². The van der Waals surface area contributed by atoms with Gasteiger partial charge in [0.2, 0.25) is 0 Å². The summed E-state index contributed by atoms with van der Waals surface area (Å²) >= 11 is 0. The lowest BCUT2D eigenvalue weighted by molar-refractivity contribution is 0.129. The van der Waals surface area contributed by atoms with Gasteiger partial charge in [0, 0.05) is 23.5 Å². The van der Waals surface area contributed by atoms with Gasteiger partial charge < -0.3 is 4.74 Å². The molecule has 1 aliphatic carbocycles. The van der Waals surface area contributed by atoms with Crippen LogP contribution in [0.3, 0.4) is 0 Å². The summed E-state index contributed by atoms with van der Waals surface area (Å²) in [5.74, 6) is 6.40. The zero-order valence-electron chi connectivity index (χ0n) is 16.1. The van der Waals surface area contributed by atoms with Crippen molar-refractivity contribution in [2.24, 2.45) is 0 Å². The predicted molar refractivity (Wildman–Crippen MR) is 103 cm³/mol. The third-order valence-electron chi connectivity index (χ3n) is 5.34. The van der Waals surface area contributed by atoms with Crippen LogP contribution in [0.25, 0.3) is 0 Å². The van der Waals surface area contributed by atoms with Crippen LogP contribution in [0.4, 0.5) is 4.79 Å². The van der Waals surface area contributed by atoms with Gasteiger partial charge >= 0.3 is 6.09 Å². The Balaban J connectivity index is 1.84. The predicted octanol–water partition coefficient (Wildman–Crippen LogP) is 4.37. The van der Waals surface area contributed by atoms with E-state index in [0.29, 0.717) is 0 Å². The quantitative estimate of drug-likeness (QED) is 0.707. The molecule has 26 heavy (non-hydrogen) atoms. The minimum atomic E-state index is -0.468. The lowest BCUT2D eigenvalue weighted by Gasteiger charge is -2.41. The topological polar surface area (TPSA) is 41.6 Å². The summed E-state index contributed by atoms with van der Waals surface area (Å²) in [6, 6.07) is 6.59. The molecule has 0 saturated carbocycles. The molecule has 1 aromatic carbocycles. The number of hydrogen-bond donors (Lipinski definition) is 1. The summed E-state index contributed by atoms with van der Waals surface area (Å²) in [5.41, 5.74) is 7.89. The van der Waals surface area contributed by atoms with Crippen LogP contribution in [-0.2, 0) is 15.6 Å². The highest BCUT2D eigenvalue weighted by Gasteiger charge is 2.36. The maximum atomic E-state index is 11.4. The first-order chi connectivity index (χ1) is 12.2. The van der Waals surface area contributed by atoms with Crippen LogP contribution in [-0.4, -0.2) is 18.2 Å². The second-order valence-corrected chi connectivity index (χ2v) is 8.16. The minimum absolute atomic E-state index is 0.176. The van der Waals surface area contributed by atoms with Gasteiger partial charge in [0.1, 0.15) is 0 Å². The molecule has 2 aliphatic rings. The van der Waals surface area contributed by atoms with Crippen LogP contribution in [0.1, 0.15) is 57.2 Å². The van der Waals surface area contributed by atoms with Crippen molar-refractivity contribution in [3.63, 3.8) is 0 Å². The molecule has 1 aliphatic heterocycles. The van der Waals surface area contributed by atoms with E-state index in [4.69, 9.17) is 0 Å². The Kier molecular flexibility index (Phi) is 4.58. The van der Waals surface area contributed by atoms with Crippen LogP contribution in [0.5, 0.6) is 0 Å². The summed E-state index contributed by atoms with van der Waals surface area (Å²) in [6.45, 7) is 9.28. The highest BCUT2D eigenvalue weighted by molar-refractivity contribution is 5.69. The summed E-state index contributed by atoms with van der Waals surface area (Å²) in [7, 11) is 1.34. The number of hydrazine groups is 1. The van der Waals surface area contributed by atoms with Crippen LogP contribution in [0.2, 0.25) is 0 Å². The van der Waals surface area contributed by atoms with Gasteiger partial charge in [-0.1, -0.05) is 45.6 Å². The van der Waals surface area contributed by atoms with E-state index in [9.17, 15) is 4.79 Å². The maximum absolute atomic E-state index is 11.4. The molecule has 1 heterocycles. The summed E-state index contributed by atoms with van der Waals surface area (Å²) < 4.78 is 4.65. The SMILES string of the molecule is COC(=O)N1C=CC(C#Cc2ccc3c(c2)C(C)(C)CCC3(C)C)=CN1. The van der Waals surface area contributed by atoms with Gasteiger partial charge in [0.05, 0.1) is 7.11 Å². The number of hydrogen-bond acceptors (Lipinski definition) is 3. The van der Waals surface area contributed by atoms with Crippen molar-refractivity contribution in [1.82, 2.24) is 10.4 Å². The van der Waals surface area contributed by atoms with Crippen LogP contribution in [0.15, 0.2) is 42.2 Å². The monoisotopic (exact) mass is 350 g/mol. The fourth-order valence-corrected chi connectivity index (χ4v) is 3.49. The average molecular weight is 350 g/mol. The first-order valence-corrected chi connectivity index (χ1v) is 8.92. The largest absolute Gasteiger partial charge is 0.451 e. The average Bonchev–Trinajstić information content (AvgIpc) is 2.63. The van der Waals surface area contributed by atoms with Crippen LogP contribution >= 0.6 is 0 Å². The van der Waals surface area contributed by atoms with Crippen molar-refractivity contribution in [3.05, 3.63) is 58.9 Å². The highest BCUT2D eigenvalue weighted by atomic mass is 16.5. The molecule has 1 aromatic rings. The molecule has 0 radical (unpaired) electrons. The number of ether oxygens (including phenoxy) is 1. The smallest absolute Gasteiger partial charge is 0.432 e. The molecule has 0 saturated heterocycles. The number of carbonyl (C=O) groups is 1. The zero-order valence-corrected chi connectivity index (χ0v) is 16.1. The third-order valence-corrected chi connectivity index (χ3v) is 5.34. The molecule has 4 heteroatoms. The molecule has 4 nitrogen and oxygen atoms in total. The second-order valence-electron chi connectivity index (χ2n) is 8.16. The minimum Gasteiger partial charge on any atom is -0.451 e. The molecule has 1 N–H and O–H groups in total. The number of allylic oxidation sites excluding steroid dienone is 2. The number of methoxy groups -OCH3 is 1. The Morgan fingerprint density at radius 2 is 1.81 bits per heavy atom. The first kappa shape index (κ1) is 18.1. The number of amides is 1. The number of fused-ring (bicyclic) bond motifs is 1. The van der Waals surface area contributed by atoms with E-state index in [0.717, 1.165) is 11.1 Å². The molecular formula is C22H26N2O2. The van der Waals surface area contributed by atoms with Gasteiger partial charge in [-0.05, 0) is 53.0 Å². The van der Waals surface area contributed by atoms with Crippen LogP contribution < -0.4 is 5.43 Å². The van der Waals surface area contributed by atoms with E-state index < -0.39 is 6.09 Å². The fourth-order valence-electron chi connectivity index (χ4n) is 3.49. The second kappa shape index (κ2) is 6.57. The Bertz CT molecular complexity index is 851. The first-order valence-electron chi connectivity index (χ1n) is 8.92. The number of carbonyl (C=O) groups excluding carboxylic acids is 1. The molecule has 0 fully saturated rings. The van der Waals surface area contributed by atoms with Gasteiger partial charge in [0.15, 0.2) is 0 Å². The molecule has 1 amide bonds. The van der Waals surface area contributed by atoms with Crippen molar-refractivity contribution >= 4 is 6.09 Å².